The predicted octanol–water partition coefficient (Wildman–Crippen LogP) is 8.92. The molecule has 1 unspecified atom stereocenters. The van der Waals surface area contributed by atoms with Gasteiger partial charge in [0.15, 0.2) is 24.6 Å². The van der Waals surface area contributed by atoms with E-state index in [9.17, 15) is 0 Å². The number of hydrogen-bond acceptors (Lipinski definition) is 5. The lowest BCUT2D eigenvalue weighted by molar-refractivity contribution is 0.483. The van der Waals surface area contributed by atoms with Crippen LogP contribution in [0.4, 0.5) is 0 Å². The van der Waals surface area contributed by atoms with Crippen LogP contribution in [0.15, 0.2) is 146 Å². The first-order valence-corrected chi connectivity index (χ1v) is 17.8. The van der Waals surface area contributed by atoms with Gasteiger partial charge in [-0.2, -0.15) is 0 Å². The molecule has 230 valence electrons. The van der Waals surface area contributed by atoms with Crippen molar-refractivity contribution in [3.8, 4) is 56.8 Å². The molecular formula is C42H30N3O2P. The van der Waals surface area contributed by atoms with E-state index in [1.54, 1.807) is 0 Å². The third-order valence-electron chi connectivity index (χ3n) is 9.60. The van der Waals surface area contributed by atoms with Gasteiger partial charge >= 0.3 is 0 Å². The van der Waals surface area contributed by atoms with Crippen LogP contribution in [0.2, 0.25) is 0 Å². The topological polar surface area (TPSA) is 65.0 Å². The van der Waals surface area contributed by atoms with Gasteiger partial charge in [0.1, 0.15) is 11.5 Å². The summed E-state index contributed by atoms with van der Waals surface area (Å²) in [6, 6.07) is 48.1. The molecule has 2 aliphatic rings. The van der Waals surface area contributed by atoms with Crippen LogP contribution in [0, 0.1) is 0 Å². The smallest absolute Gasteiger partial charge is 0.178 e. The number of aromatic nitrogens is 3. The van der Waals surface area contributed by atoms with Crippen LogP contribution in [-0.2, 0) is 9.98 Å². The molecule has 6 heteroatoms. The van der Waals surface area contributed by atoms with Crippen molar-refractivity contribution in [3.63, 3.8) is 0 Å². The van der Waals surface area contributed by atoms with E-state index in [4.69, 9.17) is 19.7 Å². The van der Waals surface area contributed by atoms with Crippen molar-refractivity contribution in [3.05, 3.63) is 157 Å². The molecule has 2 heterocycles. The Balaban J connectivity index is 1.26. The largest absolute Gasteiger partial charge is 0.456 e. The number of benzene rings is 6. The second kappa shape index (κ2) is 10.7. The van der Waals surface area contributed by atoms with Gasteiger partial charge in [0.05, 0.1) is 10.6 Å². The number of hydrogen-bond donors (Lipinski definition) is 0. The van der Waals surface area contributed by atoms with E-state index in [1.807, 2.05) is 109 Å². The van der Waals surface area contributed by atoms with Gasteiger partial charge < -0.3 is 9.30 Å². The maximum atomic E-state index is 16.0. The number of rotatable bonds is 4. The zero-order chi connectivity index (χ0) is 32.5. The first kappa shape index (κ1) is 28.6. The van der Waals surface area contributed by atoms with Crippen LogP contribution in [0.25, 0.3) is 45.3 Å². The van der Waals surface area contributed by atoms with Crippen LogP contribution >= 0.6 is 7.14 Å². The fourth-order valence-electron chi connectivity index (χ4n) is 7.14. The first-order chi connectivity index (χ1) is 23.4. The van der Waals surface area contributed by atoms with Crippen molar-refractivity contribution in [2.75, 3.05) is 0 Å². The number of ether oxygens (including phenoxy) is 1. The summed E-state index contributed by atoms with van der Waals surface area (Å²) in [5, 5.41) is 2.09. The van der Waals surface area contributed by atoms with Crippen LogP contribution in [0.5, 0.6) is 11.5 Å². The van der Waals surface area contributed by atoms with Crippen molar-refractivity contribution in [1.29, 1.82) is 0 Å². The summed E-state index contributed by atoms with van der Waals surface area (Å²) in [6.45, 7) is 4.48. The van der Waals surface area contributed by atoms with E-state index < -0.39 is 7.14 Å². The molecule has 0 spiro atoms. The third kappa shape index (κ3) is 4.32. The second-order valence-electron chi connectivity index (χ2n) is 12.8. The Hall–Kier alpha value is -5.64. The zero-order valence-corrected chi connectivity index (χ0v) is 27.4. The fourth-order valence-corrected chi connectivity index (χ4v) is 10.0. The van der Waals surface area contributed by atoms with E-state index in [1.165, 1.54) is 16.7 Å². The molecule has 0 N–H and O–H groups in total. The van der Waals surface area contributed by atoms with E-state index >= 15 is 4.57 Å². The van der Waals surface area contributed by atoms with E-state index in [0.29, 0.717) is 39.6 Å². The second-order valence-corrected chi connectivity index (χ2v) is 15.5. The van der Waals surface area contributed by atoms with Crippen molar-refractivity contribution in [1.82, 2.24) is 15.0 Å². The highest BCUT2D eigenvalue weighted by atomic mass is 31.2. The Bertz CT molecular complexity index is 2370. The average Bonchev–Trinajstić information content (AvgIpc) is 3.37. The molecule has 1 aromatic heterocycles. The Kier molecular flexibility index (Phi) is 6.37. The summed E-state index contributed by atoms with van der Waals surface area (Å²) < 4.78 is 22.6. The molecule has 1 atom stereocenters. The Morgan fingerprint density at radius 3 is 1.69 bits per heavy atom. The molecule has 0 fully saturated rings. The van der Waals surface area contributed by atoms with Crippen molar-refractivity contribution >= 4 is 23.1 Å². The Morgan fingerprint density at radius 2 is 1.04 bits per heavy atom. The molecule has 0 amide bonds. The van der Waals surface area contributed by atoms with Gasteiger partial charge in [-0.15, -0.1) is 0 Å². The summed E-state index contributed by atoms with van der Waals surface area (Å²) in [5.74, 6) is 2.86. The molecule has 6 aromatic carbocycles. The first-order valence-electron chi connectivity index (χ1n) is 16.1. The highest BCUT2D eigenvalue weighted by Gasteiger charge is 2.43. The molecule has 0 saturated heterocycles. The lowest BCUT2D eigenvalue weighted by Crippen LogP contribution is -2.31. The van der Waals surface area contributed by atoms with Gasteiger partial charge in [0, 0.05) is 27.4 Å². The predicted molar refractivity (Wildman–Crippen MR) is 193 cm³/mol. The summed E-state index contributed by atoms with van der Waals surface area (Å²) in [5.41, 5.74) is 7.01. The van der Waals surface area contributed by atoms with Gasteiger partial charge in [0.25, 0.3) is 0 Å². The van der Waals surface area contributed by atoms with Crippen LogP contribution < -0.4 is 20.7 Å². The van der Waals surface area contributed by atoms with Crippen LogP contribution in [0.1, 0.15) is 25.0 Å². The molecular weight excluding hydrogens is 609 g/mol. The number of fused-ring (bicyclic) bond motifs is 5. The fraction of sp³-hybridized carbons (Fsp3) is 0.0714. The standard InChI is InChI=1S/C42H30N3O2P/c1-42(2)33-21-13-12-20-31(33)32-25-38-36(26-34(32)42)47-35-23-22-29(24-37(35)48(38,46)30-18-10-5-11-19-30)41-44-39(27-14-6-3-7-15-27)43-40(45-41)28-16-8-4-9-17-28/h3-26H,1-2H3. The normalized spacial score (nSPS) is 16.6. The molecule has 7 aromatic rings. The maximum Gasteiger partial charge on any atom is 0.178 e. The summed E-state index contributed by atoms with van der Waals surface area (Å²) >= 11 is 0. The lowest BCUT2D eigenvalue weighted by Gasteiger charge is -2.31. The minimum atomic E-state index is -3.42. The molecule has 9 rings (SSSR count). The molecule has 0 radical (unpaired) electrons. The zero-order valence-electron chi connectivity index (χ0n) is 26.5. The summed E-state index contributed by atoms with van der Waals surface area (Å²) in [4.78, 5) is 14.8. The maximum absolute atomic E-state index is 16.0. The quantitative estimate of drug-likeness (QED) is 0.180. The van der Waals surface area contributed by atoms with Crippen molar-refractivity contribution < 1.29 is 9.30 Å². The van der Waals surface area contributed by atoms with Gasteiger partial charge in [-0.3, -0.25) is 0 Å². The summed E-state index contributed by atoms with van der Waals surface area (Å²) in [7, 11) is -3.42. The molecule has 5 nitrogen and oxygen atoms in total. The van der Waals surface area contributed by atoms with E-state index in [-0.39, 0.29) is 5.41 Å². The van der Waals surface area contributed by atoms with Crippen molar-refractivity contribution in [2.45, 2.75) is 19.3 Å². The van der Waals surface area contributed by atoms with Crippen molar-refractivity contribution in [2.24, 2.45) is 0 Å². The Labute approximate surface area is 279 Å². The van der Waals surface area contributed by atoms with Gasteiger partial charge in [-0.25, -0.2) is 15.0 Å². The molecule has 0 saturated carbocycles. The highest BCUT2D eigenvalue weighted by Crippen LogP contribution is 2.56. The molecule has 1 aliphatic carbocycles. The van der Waals surface area contributed by atoms with E-state index in [2.05, 4.69) is 50.2 Å². The molecule has 0 bridgehead atoms. The molecule has 48 heavy (non-hydrogen) atoms. The van der Waals surface area contributed by atoms with Gasteiger partial charge in [-0.05, 0) is 52.6 Å². The highest BCUT2D eigenvalue weighted by molar-refractivity contribution is 7.85. The average molecular weight is 640 g/mol. The monoisotopic (exact) mass is 639 g/mol. The van der Waals surface area contributed by atoms with Crippen LogP contribution in [0.3, 0.4) is 0 Å². The van der Waals surface area contributed by atoms with E-state index in [0.717, 1.165) is 27.6 Å². The number of nitrogens with zero attached hydrogens (tertiary/aromatic N) is 3. The van der Waals surface area contributed by atoms with Gasteiger partial charge in [-0.1, -0.05) is 129 Å². The minimum absolute atomic E-state index is 0.212. The Morgan fingerprint density at radius 1 is 0.500 bits per heavy atom. The lowest BCUT2D eigenvalue weighted by atomic mass is 9.82. The van der Waals surface area contributed by atoms with Crippen LogP contribution in [-0.4, -0.2) is 15.0 Å². The van der Waals surface area contributed by atoms with Gasteiger partial charge in [0.2, 0.25) is 0 Å². The molecule has 1 aliphatic heterocycles. The third-order valence-corrected chi connectivity index (χ3v) is 12.7. The minimum Gasteiger partial charge on any atom is -0.456 e. The SMILES string of the molecule is CC1(C)c2ccccc2-c2cc3c(cc21)Oc1ccc(-c2nc(-c4ccccc4)nc(-c4ccccc4)n2)cc1P3(=O)c1ccccc1. The summed E-state index contributed by atoms with van der Waals surface area (Å²) in [6.07, 6.45) is 0.